The fourth-order valence-electron chi connectivity index (χ4n) is 1.19. The normalized spacial score (nSPS) is 14.2. The van der Waals surface area contributed by atoms with Crippen LogP contribution in [-0.4, -0.2) is 21.4 Å². The molecule has 0 amide bonds. The van der Waals surface area contributed by atoms with Gasteiger partial charge in [0.15, 0.2) is 17.4 Å². The highest BCUT2D eigenvalue weighted by Crippen LogP contribution is 2.26. The summed E-state index contributed by atoms with van der Waals surface area (Å²) in [6.45, 7) is 0. The molecule has 0 heterocycles. The lowest BCUT2D eigenvalue weighted by molar-refractivity contribution is 0.0213. The molecule has 0 aliphatic rings. The maximum Gasteiger partial charge on any atom is 0.200 e. The molecule has 1 rings (SSSR count). The number of hydrogen-bond acceptors (Lipinski definition) is 4. The van der Waals surface area contributed by atoms with Crippen molar-refractivity contribution in [3.63, 3.8) is 0 Å². The van der Waals surface area contributed by atoms with E-state index in [1.165, 1.54) is 0 Å². The smallest absolute Gasteiger partial charge is 0.200 e. The molecule has 0 fully saturated rings. The van der Waals surface area contributed by atoms with Crippen LogP contribution in [0.2, 0.25) is 0 Å². The minimum Gasteiger partial charge on any atom is -0.505 e. The number of aromatic hydroxyl groups is 1. The average Bonchev–Trinajstić information content (AvgIpc) is 2.24. The van der Waals surface area contributed by atoms with E-state index < -0.39 is 29.6 Å². The molecule has 1 aromatic rings. The summed E-state index contributed by atoms with van der Waals surface area (Å²) in [6.07, 6.45) is -3.34. The lowest BCUT2D eigenvalue weighted by Crippen LogP contribution is -2.17. The van der Waals surface area contributed by atoms with Crippen LogP contribution in [0.4, 0.5) is 8.78 Å². The summed E-state index contributed by atoms with van der Waals surface area (Å²) >= 11 is 0. The van der Waals surface area contributed by atoms with Gasteiger partial charge in [-0.05, 0) is 17.7 Å². The van der Waals surface area contributed by atoms with Crippen LogP contribution in [0.3, 0.4) is 0 Å². The van der Waals surface area contributed by atoms with E-state index in [-0.39, 0.29) is 12.0 Å². The SMILES string of the molecule is N#CCC(O)C(O)c1cc(O)c(F)c(F)c1. The van der Waals surface area contributed by atoms with Gasteiger partial charge in [-0.15, -0.1) is 0 Å². The third-order valence-corrected chi connectivity index (χ3v) is 2.04. The second-order valence-electron chi connectivity index (χ2n) is 3.21. The average molecular weight is 229 g/mol. The summed E-state index contributed by atoms with van der Waals surface area (Å²) in [5, 5.41) is 36.0. The highest BCUT2D eigenvalue weighted by atomic mass is 19.2. The molecule has 2 atom stereocenters. The highest BCUT2D eigenvalue weighted by molar-refractivity contribution is 5.32. The number of benzene rings is 1. The van der Waals surface area contributed by atoms with Crippen molar-refractivity contribution in [2.75, 3.05) is 0 Å². The summed E-state index contributed by atoms with van der Waals surface area (Å²) < 4.78 is 25.6. The first-order valence-corrected chi connectivity index (χ1v) is 4.38. The minimum absolute atomic E-state index is 0.195. The Kier molecular flexibility index (Phi) is 3.77. The van der Waals surface area contributed by atoms with Gasteiger partial charge in [0.05, 0.1) is 18.6 Å². The van der Waals surface area contributed by atoms with Gasteiger partial charge in [-0.1, -0.05) is 0 Å². The molecular weight excluding hydrogens is 220 g/mol. The lowest BCUT2D eigenvalue weighted by atomic mass is 10.0. The Bertz CT molecular complexity index is 408. The molecule has 0 saturated heterocycles. The van der Waals surface area contributed by atoms with Crippen molar-refractivity contribution in [2.24, 2.45) is 0 Å². The van der Waals surface area contributed by atoms with Crippen LogP contribution in [0.1, 0.15) is 18.1 Å². The van der Waals surface area contributed by atoms with E-state index in [2.05, 4.69) is 0 Å². The van der Waals surface area contributed by atoms with Gasteiger partial charge < -0.3 is 15.3 Å². The van der Waals surface area contributed by atoms with E-state index >= 15 is 0 Å². The predicted octanol–water partition coefficient (Wildman–Crippen LogP) is 0.978. The van der Waals surface area contributed by atoms with E-state index in [1.54, 1.807) is 6.07 Å². The first-order valence-electron chi connectivity index (χ1n) is 4.38. The van der Waals surface area contributed by atoms with Gasteiger partial charge in [0, 0.05) is 0 Å². The molecule has 0 bridgehead atoms. The van der Waals surface area contributed by atoms with Crippen molar-refractivity contribution in [1.29, 1.82) is 5.26 Å². The maximum absolute atomic E-state index is 12.9. The van der Waals surface area contributed by atoms with Gasteiger partial charge in [-0.25, -0.2) is 4.39 Å². The molecule has 0 saturated carbocycles. The Labute approximate surface area is 90.0 Å². The first kappa shape index (κ1) is 12.4. The summed E-state index contributed by atoms with van der Waals surface area (Å²) in [5.41, 5.74) is -0.195. The number of nitriles is 1. The number of halogens is 2. The van der Waals surface area contributed by atoms with Gasteiger partial charge in [0.2, 0.25) is 0 Å². The number of nitrogens with zero attached hydrogens (tertiary/aromatic N) is 1. The van der Waals surface area contributed by atoms with Crippen LogP contribution in [0.25, 0.3) is 0 Å². The number of phenols is 1. The molecule has 16 heavy (non-hydrogen) atoms. The summed E-state index contributed by atoms with van der Waals surface area (Å²) in [5.74, 6) is -3.72. The molecule has 86 valence electrons. The van der Waals surface area contributed by atoms with E-state index in [0.29, 0.717) is 6.07 Å². The summed E-state index contributed by atoms with van der Waals surface area (Å²) in [7, 11) is 0. The fourth-order valence-corrected chi connectivity index (χ4v) is 1.19. The maximum atomic E-state index is 12.9. The molecule has 6 heteroatoms. The van der Waals surface area contributed by atoms with Crippen LogP contribution in [0, 0.1) is 23.0 Å². The van der Waals surface area contributed by atoms with Gasteiger partial charge >= 0.3 is 0 Å². The van der Waals surface area contributed by atoms with Gasteiger partial charge in [0.25, 0.3) is 0 Å². The summed E-state index contributed by atoms with van der Waals surface area (Å²) in [4.78, 5) is 0. The summed E-state index contributed by atoms with van der Waals surface area (Å²) in [6, 6.07) is 3.07. The molecular formula is C10H9F2NO3. The number of aliphatic hydroxyl groups excluding tert-OH is 2. The molecule has 0 radical (unpaired) electrons. The van der Waals surface area contributed by atoms with E-state index in [4.69, 9.17) is 10.4 Å². The predicted molar refractivity (Wildman–Crippen MR) is 49.2 cm³/mol. The molecule has 4 nitrogen and oxygen atoms in total. The van der Waals surface area contributed by atoms with Crippen molar-refractivity contribution >= 4 is 0 Å². The van der Waals surface area contributed by atoms with Crippen molar-refractivity contribution in [3.05, 3.63) is 29.3 Å². The molecule has 1 aromatic carbocycles. The standard InChI is InChI=1S/C10H9F2NO3/c11-6-3-5(4-8(15)9(6)12)10(16)7(14)1-2-13/h3-4,7,10,14-16H,1H2. The third kappa shape index (κ3) is 2.45. The topological polar surface area (TPSA) is 84.5 Å². The second kappa shape index (κ2) is 4.88. The van der Waals surface area contributed by atoms with Crippen molar-refractivity contribution < 1.29 is 24.1 Å². The lowest BCUT2D eigenvalue weighted by Gasteiger charge is -2.15. The number of phenolic OH excluding ortho intramolecular Hbond substituents is 1. The molecule has 2 unspecified atom stereocenters. The molecule has 0 aliphatic heterocycles. The Morgan fingerprint density at radius 3 is 2.44 bits per heavy atom. The van der Waals surface area contributed by atoms with Gasteiger partial charge in [-0.2, -0.15) is 9.65 Å². The Hall–Kier alpha value is -1.71. The van der Waals surface area contributed by atoms with E-state index in [9.17, 15) is 19.0 Å². The number of rotatable bonds is 3. The number of hydrogen-bond donors (Lipinski definition) is 3. The zero-order valence-electron chi connectivity index (χ0n) is 8.06. The van der Waals surface area contributed by atoms with Crippen molar-refractivity contribution in [1.82, 2.24) is 0 Å². The van der Waals surface area contributed by atoms with E-state index in [0.717, 1.165) is 6.07 Å². The molecule has 0 spiro atoms. The monoisotopic (exact) mass is 229 g/mol. The fraction of sp³-hybridized carbons (Fsp3) is 0.300. The van der Waals surface area contributed by atoms with Crippen molar-refractivity contribution in [2.45, 2.75) is 18.6 Å². The Morgan fingerprint density at radius 2 is 1.94 bits per heavy atom. The molecule has 0 aliphatic carbocycles. The second-order valence-corrected chi connectivity index (χ2v) is 3.21. The largest absolute Gasteiger partial charge is 0.505 e. The quantitative estimate of drug-likeness (QED) is 0.721. The van der Waals surface area contributed by atoms with Crippen LogP contribution in [0.5, 0.6) is 5.75 Å². The van der Waals surface area contributed by atoms with Crippen LogP contribution in [0.15, 0.2) is 12.1 Å². The third-order valence-electron chi connectivity index (χ3n) is 2.04. The highest BCUT2D eigenvalue weighted by Gasteiger charge is 2.21. The van der Waals surface area contributed by atoms with Crippen LogP contribution in [-0.2, 0) is 0 Å². The van der Waals surface area contributed by atoms with Gasteiger partial charge in [0.1, 0.15) is 6.10 Å². The Balaban J connectivity index is 3.01. The van der Waals surface area contributed by atoms with Crippen LogP contribution >= 0.6 is 0 Å². The molecule has 0 aromatic heterocycles. The zero-order valence-corrected chi connectivity index (χ0v) is 8.06. The van der Waals surface area contributed by atoms with Crippen LogP contribution < -0.4 is 0 Å². The first-order chi connectivity index (χ1) is 7.47. The van der Waals surface area contributed by atoms with Crippen molar-refractivity contribution in [3.8, 4) is 11.8 Å². The van der Waals surface area contributed by atoms with Gasteiger partial charge in [-0.3, -0.25) is 0 Å². The minimum atomic E-state index is -1.55. The Morgan fingerprint density at radius 1 is 1.31 bits per heavy atom. The van der Waals surface area contributed by atoms with E-state index in [1.807, 2.05) is 0 Å². The molecule has 3 N–H and O–H groups in total. The zero-order chi connectivity index (χ0) is 12.3. The number of aliphatic hydroxyl groups is 2.